The van der Waals surface area contributed by atoms with Crippen LogP contribution in [0.5, 0.6) is 0 Å². The molecule has 0 aliphatic rings. The Kier molecular flexibility index (Phi) is 5.51. The van der Waals surface area contributed by atoms with Crippen LogP contribution in [0.2, 0.25) is 0 Å². The summed E-state index contributed by atoms with van der Waals surface area (Å²) in [6.07, 6.45) is 3.89. The summed E-state index contributed by atoms with van der Waals surface area (Å²) >= 11 is 0. The number of carbonyl (C=O) groups excluding carboxylic acids is 1. The number of nitrogens with zero attached hydrogens (tertiary/aromatic N) is 2. The van der Waals surface area contributed by atoms with Gasteiger partial charge in [0, 0.05) is 6.20 Å². The van der Waals surface area contributed by atoms with Crippen molar-refractivity contribution in [3.8, 4) is 0 Å². The van der Waals surface area contributed by atoms with Gasteiger partial charge in [-0.1, -0.05) is 30.3 Å². The molecule has 124 valence electrons. The first kappa shape index (κ1) is 17.2. The van der Waals surface area contributed by atoms with E-state index in [4.69, 9.17) is 8.92 Å². The van der Waals surface area contributed by atoms with Crippen molar-refractivity contribution >= 4 is 16.1 Å². The minimum absolute atomic E-state index is 0.118. The molecule has 1 aromatic carbocycles. The van der Waals surface area contributed by atoms with E-state index in [0.717, 1.165) is 11.8 Å². The lowest BCUT2D eigenvalue weighted by Crippen LogP contribution is -2.19. The first-order valence-corrected chi connectivity index (χ1v) is 8.83. The van der Waals surface area contributed by atoms with Crippen molar-refractivity contribution in [1.29, 1.82) is 0 Å². The Morgan fingerprint density at radius 2 is 2.00 bits per heavy atom. The Balaban J connectivity index is 2.28. The van der Waals surface area contributed by atoms with E-state index in [-0.39, 0.29) is 13.2 Å². The number of esters is 1. The molecule has 23 heavy (non-hydrogen) atoms. The summed E-state index contributed by atoms with van der Waals surface area (Å²) in [7, 11) is -3.59. The molecule has 1 unspecified atom stereocenters. The van der Waals surface area contributed by atoms with Crippen LogP contribution in [0.4, 0.5) is 0 Å². The van der Waals surface area contributed by atoms with E-state index < -0.39 is 22.1 Å². The van der Waals surface area contributed by atoms with Gasteiger partial charge in [-0.15, -0.1) is 0 Å². The Labute approximate surface area is 135 Å². The molecule has 1 heterocycles. The molecule has 2 aromatic rings. The monoisotopic (exact) mass is 338 g/mol. The number of aromatic nitrogens is 2. The minimum Gasteiger partial charge on any atom is -0.462 e. The minimum atomic E-state index is -3.59. The Bertz CT molecular complexity index is 755. The summed E-state index contributed by atoms with van der Waals surface area (Å²) in [4.78, 5) is 11.7. The summed E-state index contributed by atoms with van der Waals surface area (Å²) in [6, 6.07) is 8.71. The molecule has 7 nitrogen and oxygen atoms in total. The molecule has 0 aliphatic carbocycles. The van der Waals surface area contributed by atoms with Crippen molar-refractivity contribution in [3.63, 3.8) is 0 Å². The zero-order chi connectivity index (χ0) is 16.9. The fourth-order valence-corrected chi connectivity index (χ4v) is 2.39. The lowest BCUT2D eigenvalue weighted by Gasteiger charge is -2.17. The number of rotatable bonds is 7. The summed E-state index contributed by atoms with van der Waals surface area (Å²) in [6.45, 7) is 1.87. The SMILES string of the molecule is CCOC(=O)c1cnn(C(COS(C)(=O)=O)c2ccccc2)c1. The van der Waals surface area contributed by atoms with Gasteiger partial charge in [0.15, 0.2) is 0 Å². The lowest BCUT2D eigenvalue weighted by atomic mass is 10.1. The van der Waals surface area contributed by atoms with Crippen LogP contribution >= 0.6 is 0 Å². The second-order valence-electron chi connectivity index (χ2n) is 4.84. The van der Waals surface area contributed by atoms with Crippen LogP contribution in [0, 0.1) is 0 Å². The van der Waals surface area contributed by atoms with Crippen molar-refractivity contribution in [2.75, 3.05) is 19.5 Å². The van der Waals surface area contributed by atoms with Crippen LogP contribution in [0.3, 0.4) is 0 Å². The van der Waals surface area contributed by atoms with Gasteiger partial charge in [-0.05, 0) is 12.5 Å². The smallest absolute Gasteiger partial charge is 0.341 e. The maximum Gasteiger partial charge on any atom is 0.341 e. The molecule has 0 aliphatic heterocycles. The number of hydrogen-bond acceptors (Lipinski definition) is 6. The third kappa shape index (κ3) is 4.90. The topological polar surface area (TPSA) is 87.5 Å². The summed E-state index contributed by atoms with van der Waals surface area (Å²) in [5.41, 5.74) is 1.11. The molecule has 0 spiro atoms. The second-order valence-corrected chi connectivity index (χ2v) is 6.49. The van der Waals surface area contributed by atoms with Crippen molar-refractivity contribution in [3.05, 3.63) is 53.9 Å². The lowest BCUT2D eigenvalue weighted by molar-refractivity contribution is 0.0526. The van der Waals surface area contributed by atoms with Gasteiger partial charge in [0.25, 0.3) is 10.1 Å². The average Bonchev–Trinajstić information content (AvgIpc) is 2.97. The standard InChI is InChI=1S/C15H18N2O5S/c1-3-21-15(18)13-9-16-17(10-13)14(11-22-23(2,19)20)12-7-5-4-6-8-12/h4-10,14H,3,11H2,1-2H3. The Morgan fingerprint density at radius 3 is 2.61 bits per heavy atom. The number of benzene rings is 1. The quantitative estimate of drug-likeness (QED) is 0.563. The predicted molar refractivity (Wildman–Crippen MR) is 83.6 cm³/mol. The predicted octanol–water partition coefficient (Wildman–Crippen LogP) is 1.63. The zero-order valence-corrected chi connectivity index (χ0v) is 13.7. The number of ether oxygens (including phenoxy) is 1. The van der Waals surface area contributed by atoms with Gasteiger partial charge >= 0.3 is 5.97 Å². The molecule has 0 fully saturated rings. The van der Waals surface area contributed by atoms with Gasteiger partial charge in [-0.2, -0.15) is 13.5 Å². The third-order valence-corrected chi connectivity index (χ3v) is 3.62. The van der Waals surface area contributed by atoms with Gasteiger partial charge in [-0.25, -0.2) is 4.79 Å². The van der Waals surface area contributed by atoms with Gasteiger partial charge in [0.2, 0.25) is 0 Å². The van der Waals surface area contributed by atoms with Crippen molar-refractivity contribution in [2.45, 2.75) is 13.0 Å². The van der Waals surface area contributed by atoms with Crippen LogP contribution in [0.25, 0.3) is 0 Å². The highest BCUT2D eigenvalue weighted by Crippen LogP contribution is 2.19. The number of carbonyl (C=O) groups is 1. The zero-order valence-electron chi connectivity index (χ0n) is 12.9. The van der Waals surface area contributed by atoms with Crippen LogP contribution in [0.15, 0.2) is 42.7 Å². The summed E-state index contributed by atoms with van der Waals surface area (Å²) in [5, 5.41) is 4.14. The van der Waals surface area contributed by atoms with Crippen molar-refractivity contribution in [1.82, 2.24) is 9.78 Å². The molecule has 0 bridgehead atoms. The molecule has 0 saturated carbocycles. The fraction of sp³-hybridized carbons (Fsp3) is 0.333. The van der Waals surface area contributed by atoms with E-state index in [1.54, 1.807) is 6.92 Å². The molecule has 1 aromatic heterocycles. The number of hydrogen-bond donors (Lipinski definition) is 0. The highest BCUT2D eigenvalue weighted by Gasteiger charge is 2.19. The van der Waals surface area contributed by atoms with E-state index >= 15 is 0 Å². The van der Waals surface area contributed by atoms with Crippen LogP contribution in [0.1, 0.15) is 28.9 Å². The van der Waals surface area contributed by atoms with Crippen LogP contribution in [-0.4, -0.2) is 43.6 Å². The van der Waals surface area contributed by atoms with Crippen molar-refractivity contribution < 1.29 is 22.1 Å². The van der Waals surface area contributed by atoms with E-state index in [1.807, 2.05) is 30.3 Å². The van der Waals surface area contributed by atoms with E-state index in [9.17, 15) is 13.2 Å². The fourth-order valence-electron chi connectivity index (χ4n) is 2.02. The second kappa shape index (κ2) is 7.38. The maximum absolute atomic E-state index is 11.7. The van der Waals surface area contributed by atoms with E-state index in [0.29, 0.717) is 5.56 Å². The average molecular weight is 338 g/mol. The maximum atomic E-state index is 11.7. The summed E-state index contributed by atoms with van der Waals surface area (Å²) < 4.78 is 33.9. The molecule has 0 radical (unpaired) electrons. The molecule has 8 heteroatoms. The van der Waals surface area contributed by atoms with Gasteiger partial charge < -0.3 is 4.74 Å². The highest BCUT2D eigenvalue weighted by atomic mass is 32.2. The molecule has 0 saturated heterocycles. The molecule has 2 rings (SSSR count). The van der Waals surface area contributed by atoms with E-state index in [1.165, 1.54) is 17.1 Å². The van der Waals surface area contributed by atoms with Crippen LogP contribution < -0.4 is 0 Å². The van der Waals surface area contributed by atoms with Crippen molar-refractivity contribution in [2.24, 2.45) is 0 Å². The normalized spacial score (nSPS) is 12.8. The Hall–Kier alpha value is -2.19. The first-order valence-electron chi connectivity index (χ1n) is 7.01. The first-order chi connectivity index (χ1) is 10.9. The largest absolute Gasteiger partial charge is 0.462 e. The van der Waals surface area contributed by atoms with E-state index in [2.05, 4.69) is 5.10 Å². The third-order valence-electron chi connectivity index (χ3n) is 3.06. The van der Waals surface area contributed by atoms with Gasteiger partial charge in [0.05, 0.1) is 31.2 Å². The molecule has 0 amide bonds. The molecule has 1 atom stereocenters. The highest BCUT2D eigenvalue weighted by molar-refractivity contribution is 7.85. The van der Waals surface area contributed by atoms with Gasteiger partial charge in [0.1, 0.15) is 6.04 Å². The Morgan fingerprint density at radius 1 is 1.30 bits per heavy atom. The molecular formula is C15H18N2O5S. The molecule has 0 N–H and O–H groups in total. The summed E-state index contributed by atoms with van der Waals surface area (Å²) in [5.74, 6) is -0.477. The molecular weight excluding hydrogens is 320 g/mol. The van der Waals surface area contributed by atoms with Crippen LogP contribution in [-0.2, 0) is 19.0 Å². The van der Waals surface area contributed by atoms with Gasteiger partial charge in [-0.3, -0.25) is 8.86 Å².